The summed E-state index contributed by atoms with van der Waals surface area (Å²) < 4.78 is 52.6. The Morgan fingerprint density at radius 3 is 2.44 bits per heavy atom. The highest BCUT2D eigenvalue weighted by molar-refractivity contribution is 5.95. The number of ketones is 1. The van der Waals surface area contributed by atoms with E-state index in [0.717, 1.165) is 11.6 Å². The summed E-state index contributed by atoms with van der Waals surface area (Å²) in [6, 6.07) is 15.0. The molecule has 176 valence electrons. The lowest BCUT2D eigenvalue weighted by atomic mass is 9.86. The van der Waals surface area contributed by atoms with Gasteiger partial charge in [-0.05, 0) is 65.4 Å². The van der Waals surface area contributed by atoms with Gasteiger partial charge in [0, 0.05) is 13.4 Å². The van der Waals surface area contributed by atoms with Crippen LogP contribution in [0.25, 0.3) is 11.1 Å². The highest BCUT2D eigenvalue weighted by atomic mass is 19.4. The van der Waals surface area contributed by atoms with Crippen LogP contribution in [0.15, 0.2) is 60.7 Å². The van der Waals surface area contributed by atoms with Crippen molar-refractivity contribution in [2.75, 3.05) is 6.79 Å². The van der Waals surface area contributed by atoms with Crippen LogP contribution in [0.4, 0.5) is 13.2 Å². The summed E-state index contributed by atoms with van der Waals surface area (Å²) in [5, 5.41) is 0. The number of carbonyl (C=O) groups excluding carboxylic acids is 2. The van der Waals surface area contributed by atoms with Crippen molar-refractivity contribution >= 4 is 11.7 Å². The van der Waals surface area contributed by atoms with Crippen molar-refractivity contribution in [1.82, 2.24) is 0 Å². The fraction of sp³-hybridized carbons (Fsp3) is 0.231. The lowest BCUT2D eigenvalue weighted by Gasteiger charge is -2.18. The van der Waals surface area contributed by atoms with Gasteiger partial charge < -0.3 is 15.2 Å². The summed E-state index contributed by atoms with van der Waals surface area (Å²) in [6.45, 7) is 0.120. The Hall–Kier alpha value is -3.81. The standard InChI is InChI=1S/C26H20F3NO4.H2/c27-26(28,29)20-10-15(4-6-19(20)16-2-1-3-17(12-16)24(30)32)11-23(31)25(8-9-25)18-5-7-21-22(13-18)34-14-33-21;/h1-7,10,12-13H,8-9,11,14H2,(H2,30,32);1H. The molecule has 1 heterocycles. The van der Waals surface area contributed by atoms with Gasteiger partial charge in [0.2, 0.25) is 12.7 Å². The van der Waals surface area contributed by atoms with Crippen molar-refractivity contribution < 1.29 is 33.7 Å². The van der Waals surface area contributed by atoms with Crippen LogP contribution in [0.5, 0.6) is 11.5 Å². The van der Waals surface area contributed by atoms with Crippen LogP contribution in [0.3, 0.4) is 0 Å². The lowest BCUT2D eigenvalue weighted by Crippen LogP contribution is -2.22. The average molecular weight is 469 g/mol. The van der Waals surface area contributed by atoms with Gasteiger partial charge >= 0.3 is 6.18 Å². The molecule has 3 aromatic rings. The van der Waals surface area contributed by atoms with Gasteiger partial charge in [-0.15, -0.1) is 0 Å². The number of ether oxygens (including phenoxy) is 2. The van der Waals surface area contributed by atoms with E-state index >= 15 is 0 Å². The molecule has 0 saturated heterocycles. The molecule has 1 fully saturated rings. The average Bonchev–Trinajstić information content (AvgIpc) is 3.49. The molecule has 1 aliphatic carbocycles. The van der Waals surface area contributed by atoms with Crippen molar-refractivity contribution in [1.29, 1.82) is 0 Å². The largest absolute Gasteiger partial charge is 0.454 e. The highest BCUT2D eigenvalue weighted by Crippen LogP contribution is 2.51. The van der Waals surface area contributed by atoms with E-state index in [0.29, 0.717) is 24.3 Å². The number of primary amides is 1. The van der Waals surface area contributed by atoms with Crippen molar-refractivity contribution in [2.24, 2.45) is 5.73 Å². The molecule has 0 radical (unpaired) electrons. The molecule has 5 nitrogen and oxygen atoms in total. The molecule has 2 N–H and O–H groups in total. The van der Waals surface area contributed by atoms with E-state index in [-0.39, 0.29) is 42.7 Å². The van der Waals surface area contributed by atoms with Crippen LogP contribution in [-0.2, 0) is 22.8 Å². The quantitative estimate of drug-likeness (QED) is 0.532. The normalized spacial score (nSPS) is 15.7. The van der Waals surface area contributed by atoms with Crippen LogP contribution in [0.1, 0.15) is 41.3 Å². The first-order valence-electron chi connectivity index (χ1n) is 10.7. The first-order valence-corrected chi connectivity index (χ1v) is 10.7. The van der Waals surface area contributed by atoms with Gasteiger partial charge in [0.05, 0.1) is 11.0 Å². The van der Waals surface area contributed by atoms with Gasteiger partial charge in [-0.25, -0.2) is 0 Å². The molecule has 8 heteroatoms. The van der Waals surface area contributed by atoms with E-state index in [4.69, 9.17) is 15.2 Å². The maximum absolute atomic E-state index is 13.9. The zero-order valence-electron chi connectivity index (χ0n) is 17.9. The van der Waals surface area contributed by atoms with E-state index in [1.165, 1.54) is 36.4 Å². The number of benzene rings is 3. The molecule has 3 aromatic carbocycles. The van der Waals surface area contributed by atoms with Gasteiger partial charge in [0.15, 0.2) is 11.5 Å². The first-order chi connectivity index (χ1) is 16.2. The Bertz CT molecular complexity index is 1320. The Labute approximate surface area is 194 Å². The zero-order valence-corrected chi connectivity index (χ0v) is 17.9. The minimum atomic E-state index is -4.65. The topological polar surface area (TPSA) is 78.6 Å². The first kappa shape index (κ1) is 22.0. The van der Waals surface area contributed by atoms with Gasteiger partial charge in [-0.2, -0.15) is 13.2 Å². The van der Waals surface area contributed by atoms with Gasteiger partial charge in [0.25, 0.3) is 0 Å². The third-order valence-electron chi connectivity index (χ3n) is 6.42. The van der Waals surface area contributed by atoms with Gasteiger partial charge in [0.1, 0.15) is 5.78 Å². The number of fused-ring (bicyclic) bond motifs is 1. The molecule has 0 unspecified atom stereocenters. The lowest BCUT2D eigenvalue weighted by molar-refractivity contribution is -0.137. The van der Waals surface area contributed by atoms with E-state index < -0.39 is 23.1 Å². The maximum atomic E-state index is 13.9. The van der Waals surface area contributed by atoms with E-state index in [1.807, 2.05) is 6.07 Å². The highest BCUT2D eigenvalue weighted by Gasteiger charge is 2.51. The number of hydrogen-bond donors (Lipinski definition) is 1. The molecule has 34 heavy (non-hydrogen) atoms. The minimum Gasteiger partial charge on any atom is -0.454 e. The van der Waals surface area contributed by atoms with Crippen LogP contribution in [-0.4, -0.2) is 18.5 Å². The SMILES string of the molecule is NC(=O)c1cccc(-c2ccc(CC(=O)C3(c4ccc5c(c4)OCO5)CC3)cc2C(F)(F)F)c1.[HH]. The zero-order chi connectivity index (χ0) is 24.1. The molecule has 0 aromatic heterocycles. The third kappa shape index (κ3) is 3.89. The fourth-order valence-electron chi connectivity index (χ4n) is 4.43. The molecule has 0 spiro atoms. The Balaban J connectivity index is 0.00000289. The number of nitrogens with two attached hydrogens (primary N) is 1. The molecule has 0 bridgehead atoms. The van der Waals surface area contributed by atoms with Crippen LogP contribution in [0, 0.1) is 0 Å². The molecule has 5 rings (SSSR count). The number of Topliss-reactive ketones (excluding diaryl/α,β-unsaturated/α-hetero) is 1. The summed E-state index contributed by atoms with van der Waals surface area (Å²) in [6.07, 6.45) is -3.50. The molecule has 0 atom stereocenters. The molecule has 2 aliphatic rings. The summed E-state index contributed by atoms with van der Waals surface area (Å²) in [5.74, 6) is 0.315. The Morgan fingerprint density at radius 1 is 0.971 bits per heavy atom. The molecular weight excluding hydrogens is 447 g/mol. The summed E-state index contributed by atoms with van der Waals surface area (Å²) >= 11 is 0. The van der Waals surface area contributed by atoms with E-state index in [1.54, 1.807) is 12.1 Å². The molecule has 1 aliphatic heterocycles. The van der Waals surface area contributed by atoms with E-state index in [9.17, 15) is 22.8 Å². The number of rotatable bonds is 6. The van der Waals surface area contributed by atoms with Crippen molar-refractivity contribution in [3.8, 4) is 22.6 Å². The number of halogens is 3. The van der Waals surface area contributed by atoms with Crippen LogP contribution >= 0.6 is 0 Å². The van der Waals surface area contributed by atoms with Crippen molar-refractivity contribution in [3.63, 3.8) is 0 Å². The van der Waals surface area contributed by atoms with Crippen LogP contribution < -0.4 is 15.2 Å². The van der Waals surface area contributed by atoms with Crippen molar-refractivity contribution in [3.05, 3.63) is 82.9 Å². The van der Waals surface area contributed by atoms with Gasteiger partial charge in [-0.3, -0.25) is 9.59 Å². The fourth-order valence-corrected chi connectivity index (χ4v) is 4.43. The monoisotopic (exact) mass is 469 g/mol. The number of amides is 1. The maximum Gasteiger partial charge on any atom is 0.417 e. The number of alkyl halides is 3. The second kappa shape index (κ2) is 7.90. The van der Waals surface area contributed by atoms with Crippen molar-refractivity contribution in [2.45, 2.75) is 30.9 Å². The summed E-state index contributed by atoms with van der Waals surface area (Å²) in [7, 11) is 0. The molecular formula is C26H22F3NO4. The summed E-state index contributed by atoms with van der Waals surface area (Å²) in [5.41, 5.74) is 5.02. The van der Waals surface area contributed by atoms with E-state index in [2.05, 4.69) is 0 Å². The van der Waals surface area contributed by atoms with Crippen LogP contribution in [0.2, 0.25) is 0 Å². The number of carbonyl (C=O) groups is 2. The predicted molar refractivity (Wildman–Crippen MR) is 120 cm³/mol. The van der Waals surface area contributed by atoms with Gasteiger partial charge in [-0.1, -0.05) is 30.3 Å². The second-order valence-electron chi connectivity index (χ2n) is 8.57. The predicted octanol–water partition coefficient (Wildman–Crippen LogP) is 5.29. The smallest absolute Gasteiger partial charge is 0.417 e. The second-order valence-corrected chi connectivity index (χ2v) is 8.57. The number of hydrogen-bond acceptors (Lipinski definition) is 4. The third-order valence-corrected chi connectivity index (χ3v) is 6.42. The Kier molecular flexibility index (Phi) is 5.11. The Morgan fingerprint density at radius 2 is 1.74 bits per heavy atom. The minimum absolute atomic E-state index is 0. The molecule has 1 amide bonds. The summed E-state index contributed by atoms with van der Waals surface area (Å²) in [4.78, 5) is 24.7. The molecule has 1 saturated carbocycles.